The number of nitrogens with zero attached hydrogens (tertiary/aromatic N) is 1. The molecule has 90 valence electrons. The van der Waals surface area contributed by atoms with Crippen molar-refractivity contribution in [3.8, 4) is 5.75 Å². The summed E-state index contributed by atoms with van der Waals surface area (Å²) in [5, 5.41) is 1.19. The fraction of sp³-hybridized carbons (Fsp3) is 0.500. The fourth-order valence-electron chi connectivity index (χ4n) is 1.62. The number of rotatable bonds is 5. The third-order valence-corrected chi connectivity index (χ3v) is 3.45. The van der Waals surface area contributed by atoms with Crippen LogP contribution >= 0.6 is 23.2 Å². The molecule has 0 aliphatic heterocycles. The van der Waals surface area contributed by atoms with Crippen molar-refractivity contribution in [1.82, 2.24) is 0 Å². The van der Waals surface area contributed by atoms with Crippen LogP contribution in [0.15, 0.2) is 18.2 Å². The molecule has 0 saturated carbocycles. The van der Waals surface area contributed by atoms with Gasteiger partial charge in [0.05, 0.1) is 5.02 Å². The molecule has 0 heterocycles. The van der Waals surface area contributed by atoms with Crippen LogP contribution in [0.25, 0.3) is 0 Å². The van der Waals surface area contributed by atoms with Gasteiger partial charge < -0.3 is 4.84 Å². The van der Waals surface area contributed by atoms with Crippen LogP contribution in [0.5, 0.6) is 5.75 Å². The van der Waals surface area contributed by atoms with E-state index in [9.17, 15) is 0 Å². The molecule has 0 aromatic heterocycles. The Balaban J connectivity index is 2.93. The second-order valence-electron chi connectivity index (χ2n) is 3.67. The van der Waals surface area contributed by atoms with Gasteiger partial charge in [0.25, 0.3) is 0 Å². The molecule has 0 unspecified atom stereocenters. The summed E-state index contributed by atoms with van der Waals surface area (Å²) in [6.07, 6.45) is 0. The van der Waals surface area contributed by atoms with E-state index in [0.29, 0.717) is 20.4 Å². The van der Waals surface area contributed by atoms with E-state index in [1.807, 2.05) is 6.07 Å². The maximum Gasteiger partial charge on any atom is 0.208 e. The third-order valence-electron chi connectivity index (χ3n) is 2.91. The lowest BCUT2D eigenvalue weighted by molar-refractivity contribution is -1.07. The van der Waals surface area contributed by atoms with Crippen LogP contribution in [0.1, 0.15) is 20.8 Å². The van der Waals surface area contributed by atoms with E-state index >= 15 is 0 Å². The van der Waals surface area contributed by atoms with Crippen molar-refractivity contribution >= 4 is 23.2 Å². The third kappa shape index (κ3) is 3.03. The smallest absolute Gasteiger partial charge is 0.208 e. The molecule has 0 aliphatic carbocycles. The minimum absolute atomic E-state index is 0.561. The minimum Gasteiger partial charge on any atom is -0.314 e. The number of hydroxylamine groups is 3. The highest BCUT2D eigenvalue weighted by Gasteiger charge is 2.25. The summed E-state index contributed by atoms with van der Waals surface area (Å²) in [6.45, 7) is 9.05. The second-order valence-corrected chi connectivity index (χ2v) is 4.52. The molecular formula is C12H18Cl2NO+. The normalized spacial score (nSPS) is 11.6. The van der Waals surface area contributed by atoms with Gasteiger partial charge in [0.1, 0.15) is 19.6 Å². The maximum absolute atomic E-state index is 6.09. The quantitative estimate of drug-likeness (QED) is 0.572. The maximum atomic E-state index is 6.09. The van der Waals surface area contributed by atoms with E-state index < -0.39 is 0 Å². The summed E-state index contributed by atoms with van der Waals surface area (Å²) in [5.74, 6) is 0.691. The summed E-state index contributed by atoms with van der Waals surface area (Å²) < 4.78 is 0.571. The molecule has 0 saturated heterocycles. The van der Waals surface area contributed by atoms with Crippen molar-refractivity contribution in [3.63, 3.8) is 0 Å². The summed E-state index contributed by atoms with van der Waals surface area (Å²) in [7, 11) is 0. The van der Waals surface area contributed by atoms with Gasteiger partial charge in [0.2, 0.25) is 5.75 Å². The van der Waals surface area contributed by atoms with Crippen molar-refractivity contribution in [2.24, 2.45) is 0 Å². The molecule has 4 heteroatoms. The van der Waals surface area contributed by atoms with Gasteiger partial charge in [-0.15, -0.1) is 4.65 Å². The molecule has 0 amide bonds. The molecule has 0 fully saturated rings. The molecular weight excluding hydrogens is 245 g/mol. The minimum atomic E-state index is 0.561. The van der Waals surface area contributed by atoms with Gasteiger partial charge in [0, 0.05) is 5.02 Å². The Hall–Kier alpha value is -0.440. The first-order valence-electron chi connectivity index (χ1n) is 5.57. The topological polar surface area (TPSA) is 9.23 Å². The van der Waals surface area contributed by atoms with E-state index in [4.69, 9.17) is 28.0 Å². The van der Waals surface area contributed by atoms with E-state index in [0.717, 1.165) is 19.6 Å². The fourth-order valence-corrected chi connectivity index (χ4v) is 2.07. The average Bonchev–Trinajstić information content (AvgIpc) is 2.29. The SMILES string of the molecule is CC[N+](CC)(CC)Oc1ccc(Cl)cc1Cl. The van der Waals surface area contributed by atoms with Crippen LogP contribution in [0, 0.1) is 0 Å². The molecule has 1 aromatic rings. The Bertz CT molecular complexity index is 343. The molecule has 0 spiro atoms. The molecule has 0 atom stereocenters. The van der Waals surface area contributed by atoms with Crippen molar-refractivity contribution < 1.29 is 9.48 Å². The van der Waals surface area contributed by atoms with Gasteiger partial charge in [0.15, 0.2) is 0 Å². The van der Waals surface area contributed by atoms with Gasteiger partial charge in [-0.1, -0.05) is 23.2 Å². The molecule has 16 heavy (non-hydrogen) atoms. The average molecular weight is 263 g/mol. The van der Waals surface area contributed by atoms with Crippen LogP contribution in [-0.2, 0) is 0 Å². The van der Waals surface area contributed by atoms with Crippen LogP contribution in [0.3, 0.4) is 0 Å². The van der Waals surface area contributed by atoms with Gasteiger partial charge >= 0.3 is 0 Å². The molecule has 1 aromatic carbocycles. The summed E-state index contributed by atoms with van der Waals surface area (Å²) in [6, 6.07) is 5.31. The summed E-state index contributed by atoms with van der Waals surface area (Å²) >= 11 is 11.9. The molecule has 0 N–H and O–H groups in total. The first-order valence-corrected chi connectivity index (χ1v) is 6.33. The van der Waals surface area contributed by atoms with Crippen molar-refractivity contribution in [1.29, 1.82) is 0 Å². The second kappa shape index (κ2) is 5.76. The highest BCUT2D eigenvalue weighted by Crippen LogP contribution is 2.29. The number of halogens is 2. The van der Waals surface area contributed by atoms with Gasteiger partial charge in [-0.2, -0.15) is 0 Å². The zero-order valence-electron chi connectivity index (χ0n) is 9.96. The van der Waals surface area contributed by atoms with Crippen molar-refractivity contribution in [2.75, 3.05) is 19.6 Å². The highest BCUT2D eigenvalue weighted by molar-refractivity contribution is 6.35. The van der Waals surface area contributed by atoms with Crippen molar-refractivity contribution in [2.45, 2.75) is 20.8 Å². The highest BCUT2D eigenvalue weighted by atomic mass is 35.5. The van der Waals surface area contributed by atoms with Crippen molar-refractivity contribution in [3.05, 3.63) is 28.2 Å². The molecule has 0 bridgehead atoms. The molecule has 0 radical (unpaired) electrons. The predicted octanol–water partition coefficient (Wildman–Crippen LogP) is 4.16. The molecule has 0 aliphatic rings. The monoisotopic (exact) mass is 262 g/mol. The Kier molecular flexibility index (Phi) is 4.90. The first-order chi connectivity index (χ1) is 7.56. The van der Waals surface area contributed by atoms with E-state index in [1.54, 1.807) is 12.1 Å². The zero-order chi connectivity index (χ0) is 12.2. The van der Waals surface area contributed by atoms with E-state index in [2.05, 4.69) is 20.8 Å². The number of benzene rings is 1. The lowest BCUT2D eigenvalue weighted by Gasteiger charge is -2.32. The Labute approximate surface area is 107 Å². The number of hydrogen-bond donors (Lipinski definition) is 0. The lowest BCUT2D eigenvalue weighted by Crippen LogP contribution is -2.50. The zero-order valence-corrected chi connectivity index (χ0v) is 11.5. The standard InChI is InChI=1S/C12H18Cl2NO/c1-4-15(5-2,6-3)16-12-8-7-10(13)9-11(12)14/h7-9H,4-6H2,1-3H3/q+1. The summed E-state index contributed by atoms with van der Waals surface area (Å²) in [4.78, 5) is 5.98. The Morgan fingerprint density at radius 3 is 2.06 bits per heavy atom. The van der Waals surface area contributed by atoms with Crippen LogP contribution in [0.2, 0.25) is 10.0 Å². The van der Waals surface area contributed by atoms with Gasteiger partial charge in [-0.25, -0.2) is 0 Å². The summed E-state index contributed by atoms with van der Waals surface area (Å²) in [5.41, 5.74) is 0. The van der Waals surface area contributed by atoms with Gasteiger partial charge in [-0.3, -0.25) is 0 Å². The molecule has 2 nitrogen and oxygen atoms in total. The van der Waals surface area contributed by atoms with Crippen LogP contribution < -0.4 is 4.84 Å². The van der Waals surface area contributed by atoms with Crippen LogP contribution in [-0.4, -0.2) is 24.3 Å². The predicted molar refractivity (Wildman–Crippen MR) is 69.0 cm³/mol. The Morgan fingerprint density at radius 1 is 1.06 bits per heavy atom. The number of hydrogen-bond acceptors (Lipinski definition) is 1. The van der Waals surface area contributed by atoms with Gasteiger partial charge in [-0.05, 0) is 39.0 Å². The van der Waals surface area contributed by atoms with Crippen LogP contribution in [0.4, 0.5) is 0 Å². The van der Waals surface area contributed by atoms with E-state index in [1.165, 1.54) is 0 Å². The van der Waals surface area contributed by atoms with E-state index in [-0.39, 0.29) is 0 Å². The first kappa shape index (κ1) is 13.6. The lowest BCUT2D eigenvalue weighted by atomic mass is 10.3. The Morgan fingerprint density at radius 2 is 1.62 bits per heavy atom. The largest absolute Gasteiger partial charge is 0.314 e. The molecule has 1 rings (SSSR count). The number of quaternary nitrogens is 1.